The molecule has 2 aliphatic heterocycles. The van der Waals surface area contributed by atoms with Gasteiger partial charge in [0.25, 0.3) is 0 Å². The SMILES string of the molecule is C=CCO[C@H]1O[C@H](CO)[C@@H](O[C@@H]2O[C@H](C)[C@H](O)[C@H](O)[C@H]2O)[C@H](O)[C@H]1NC(C)=O. The molecule has 0 unspecified atom stereocenters. The molecule has 28 heavy (non-hydrogen) atoms. The summed E-state index contributed by atoms with van der Waals surface area (Å²) in [4.78, 5) is 11.5. The van der Waals surface area contributed by atoms with E-state index < -0.39 is 73.9 Å². The van der Waals surface area contributed by atoms with Crippen LogP contribution in [0.2, 0.25) is 0 Å². The van der Waals surface area contributed by atoms with Gasteiger partial charge in [-0.25, -0.2) is 0 Å². The Morgan fingerprint density at radius 1 is 1.11 bits per heavy atom. The van der Waals surface area contributed by atoms with Gasteiger partial charge in [-0.3, -0.25) is 4.79 Å². The van der Waals surface area contributed by atoms with Crippen LogP contribution < -0.4 is 5.32 Å². The highest BCUT2D eigenvalue weighted by Gasteiger charge is 2.50. The first kappa shape index (κ1) is 23.1. The van der Waals surface area contributed by atoms with E-state index in [2.05, 4.69) is 11.9 Å². The monoisotopic (exact) mass is 407 g/mol. The van der Waals surface area contributed by atoms with Crippen molar-refractivity contribution in [1.82, 2.24) is 5.32 Å². The number of amides is 1. The highest BCUT2D eigenvalue weighted by Crippen LogP contribution is 2.29. The fraction of sp³-hybridized carbons (Fsp3) is 0.824. The number of aliphatic hydroxyl groups is 5. The van der Waals surface area contributed by atoms with E-state index in [0.717, 1.165) is 0 Å². The van der Waals surface area contributed by atoms with Gasteiger partial charge in [0.05, 0.1) is 19.3 Å². The molecule has 2 fully saturated rings. The van der Waals surface area contributed by atoms with Crippen molar-refractivity contribution in [3.63, 3.8) is 0 Å². The summed E-state index contributed by atoms with van der Waals surface area (Å²) in [5, 5.41) is 52.8. The summed E-state index contributed by atoms with van der Waals surface area (Å²) < 4.78 is 22.0. The quantitative estimate of drug-likeness (QED) is 0.239. The van der Waals surface area contributed by atoms with Crippen LogP contribution in [-0.2, 0) is 23.7 Å². The lowest BCUT2D eigenvalue weighted by molar-refractivity contribution is -0.344. The van der Waals surface area contributed by atoms with Crippen molar-refractivity contribution in [3.05, 3.63) is 12.7 Å². The van der Waals surface area contributed by atoms with Crippen molar-refractivity contribution < 1.29 is 49.3 Å². The Bertz CT molecular complexity index is 534. The van der Waals surface area contributed by atoms with Gasteiger partial charge in [-0.15, -0.1) is 6.58 Å². The number of rotatable bonds is 7. The van der Waals surface area contributed by atoms with Crippen molar-refractivity contribution in [3.8, 4) is 0 Å². The Balaban J connectivity index is 2.19. The Labute approximate surface area is 162 Å². The van der Waals surface area contributed by atoms with Crippen molar-refractivity contribution >= 4 is 5.91 Å². The number of aliphatic hydroxyl groups excluding tert-OH is 5. The zero-order valence-corrected chi connectivity index (χ0v) is 15.7. The van der Waals surface area contributed by atoms with E-state index >= 15 is 0 Å². The maximum atomic E-state index is 11.5. The van der Waals surface area contributed by atoms with Crippen LogP contribution in [0.5, 0.6) is 0 Å². The molecule has 0 aromatic heterocycles. The van der Waals surface area contributed by atoms with Crippen LogP contribution >= 0.6 is 0 Å². The third-order valence-corrected chi connectivity index (χ3v) is 4.70. The number of nitrogens with one attached hydrogen (secondary N) is 1. The molecule has 0 spiro atoms. The summed E-state index contributed by atoms with van der Waals surface area (Å²) in [5.74, 6) is -0.456. The van der Waals surface area contributed by atoms with Gasteiger partial charge in [0.1, 0.15) is 42.7 Å². The number of hydrogen-bond donors (Lipinski definition) is 6. The number of ether oxygens (including phenoxy) is 4. The first-order chi connectivity index (χ1) is 13.2. The van der Waals surface area contributed by atoms with E-state index in [1.54, 1.807) is 0 Å². The summed E-state index contributed by atoms with van der Waals surface area (Å²) in [6, 6.07) is -1.04. The number of carbonyl (C=O) groups is 1. The van der Waals surface area contributed by atoms with Crippen LogP contribution in [0.15, 0.2) is 12.7 Å². The molecule has 0 aromatic carbocycles. The maximum absolute atomic E-state index is 11.5. The summed E-state index contributed by atoms with van der Waals surface area (Å²) in [7, 11) is 0. The zero-order chi connectivity index (χ0) is 21.0. The average Bonchev–Trinajstić information content (AvgIpc) is 2.66. The molecule has 2 rings (SSSR count). The van der Waals surface area contributed by atoms with Gasteiger partial charge in [-0.1, -0.05) is 6.08 Å². The number of carbonyl (C=O) groups excluding carboxylic acids is 1. The third-order valence-electron chi connectivity index (χ3n) is 4.70. The van der Waals surface area contributed by atoms with Crippen LogP contribution in [0.3, 0.4) is 0 Å². The van der Waals surface area contributed by atoms with Gasteiger partial charge in [-0.05, 0) is 6.92 Å². The lowest BCUT2D eigenvalue weighted by Crippen LogP contribution is -2.67. The highest BCUT2D eigenvalue weighted by molar-refractivity contribution is 5.73. The molecule has 11 nitrogen and oxygen atoms in total. The molecule has 162 valence electrons. The van der Waals surface area contributed by atoms with Crippen LogP contribution in [-0.4, -0.2) is 106 Å². The van der Waals surface area contributed by atoms with Gasteiger partial charge in [0.2, 0.25) is 5.91 Å². The van der Waals surface area contributed by atoms with E-state index in [1.807, 2.05) is 0 Å². The standard InChI is InChI=1S/C17H29NO10/c1-4-5-25-16-10(18-8(3)20)12(22)15(9(6-19)27-16)28-17-14(24)13(23)11(21)7(2)26-17/h4,7,9-17,19,21-24H,1,5-6H2,2-3H3,(H,18,20)/t7-,9-,10-,11+,12-,13+,14-,15-,16+,17+/m1/s1. The Morgan fingerprint density at radius 3 is 2.36 bits per heavy atom. The average molecular weight is 407 g/mol. The number of hydrogen-bond acceptors (Lipinski definition) is 10. The molecule has 0 aliphatic carbocycles. The van der Waals surface area contributed by atoms with Crippen LogP contribution in [0.25, 0.3) is 0 Å². The van der Waals surface area contributed by atoms with Crippen LogP contribution in [0.1, 0.15) is 13.8 Å². The van der Waals surface area contributed by atoms with Crippen molar-refractivity contribution in [2.45, 2.75) is 75.2 Å². The van der Waals surface area contributed by atoms with E-state index in [9.17, 15) is 30.3 Å². The van der Waals surface area contributed by atoms with Gasteiger partial charge in [0.15, 0.2) is 12.6 Å². The largest absolute Gasteiger partial charge is 0.394 e. The molecule has 11 heteroatoms. The lowest BCUT2D eigenvalue weighted by Gasteiger charge is -2.46. The Hall–Kier alpha value is -1.15. The topological polar surface area (TPSA) is 167 Å². The van der Waals surface area contributed by atoms with Crippen LogP contribution in [0, 0.1) is 0 Å². The summed E-state index contributed by atoms with van der Waals surface area (Å²) in [5.41, 5.74) is 0. The summed E-state index contributed by atoms with van der Waals surface area (Å²) in [6.07, 6.45) is -10.1. The molecular formula is C17H29NO10. The van der Waals surface area contributed by atoms with E-state index in [0.29, 0.717) is 0 Å². The third kappa shape index (κ3) is 5.06. The van der Waals surface area contributed by atoms with E-state index in [4.69, 9.17) is 18.9 Å². The minimum Gasteiger partial charge on any atom is -0.394 e. The first-order valence-electron chi connectivity index (χ1n) is 9.00. The molecular weight excluding hydrogens is 378 g/mol. The molecule has 0 aromatic rings. The van der Waals surface area contributed by atoms with Gasteiger partial charge in [-0.2, -0.15) is 0 Å². The molecule has 0 radical (unpaired) electrons. The summed E-state index contributed by atoms with van der Waals surface area (Å²) >= 11 is 0. The predicted octanol–water partition coefficient (Wildman–Crippen LogP) is -3.02. The van der Waals surface area contributed by atoms with Crippen LogP contribution in [0.4, 0.5) is 0 Å². The molecule has 10 atom stereocenters. The van der Waals surface area contributed by atoms with Crippen molar-refractivity contribution in [2.24, 2.45) is 0 Å². The molecule has 2 aliphatic rings. The van der Waals surface area contributed by atoms with Gasteiger partial charge in [0, 0.05) is 6.92 Å². The second kappa shape index (κ2) is 10.1. The molecule has 2 saturated heterocycles. The second-order valence-electron chi connectivity index (χ2n) is 6.85. The van der Waals surface area contributed by atoms with E-state index in [-0.39, 0.29) is 6.61 Å². The minimum absolute atomic E-state index is 0.0726. The normalized spacial score (nSPS) is 44.1. The summed E-state index contributed by atoms with van der Waals surface area (Å²) in [6.45, 7) is 5.75. The lowest BCUT2D eigenvalue weighted by atomic mass is 9.95. The predicted molar refractivity (Wildman–Crippen MR) is 92.7 cm³/mol. The second-order valence-corrected chi connectivity index (χ2v) is 6.85. The Kier molecular flexibility index (Phi) is 8.30. The fourth-order valence-corrected chi connectivity index (χ4v) is 3.21. The van der Waals surface area contributed by atoms with Gasteiger partial charge < -0.3 is 49.8 Å². The van der Waals surface area contributed by atoms with E-state index in [1.165, 1.54) is 19.9 Å². The Morgan fingerprint density at radius 2 is 1.79 bits per heavy atom. The van der Waals surface area contributed by atoms with Crippen molar-refractivity contribution in [2.75, 3.05) is 13.2 Å². The molecule has 0 saturated carbocycles. The fourth-order valence-electron chi connectivity index (χ4n) is 3.21. The van der Waals surface area contributed by atoms with Gasteiger partial charge >= 0.3 is 0 Å². The molecule has 6 N–H and O–H groups in total. The molecule has 2 heterocycles. The molecule has 1 amide bonds. The first-order valence-corrected chi connectivity index (χ1v) is 9.00. The zero-order valence-electron chi connectivity index (χ0n) is 15.7. The molecule has 0 bridgehead atoms. The maximum Gasteiger partial charge on any atom is 0.217 e. The van der Waals surface area contributed by atoms with Crippen molar-refractivity contribution in [1.29, 1.82) is 0 Å². The smallest absolute Gasteiger partial charge is 0.217 e. The highest BCUT2D eigenvalue weighted by atomic mass is 16.7. The minimum atomic E-state index is -1.60.